The minimum atomic E-state index is 0.292. The first-order valence-corrected chi connectivity index (χ1v) is 3.55. The largest absolute Gasteiger partial charge is 0.238 e. The molecule has 1 atom stereocenters. The van der Waals surface area contributed by atoms with Crippen molar-refractivity contribution in [2.45, 2.75) is 6.04 Å². The Labute approximate surface area is 60.5 Å². The second-order valence-electron chi connectivity index (χ2n) is 2.12. The number of hydrogen-bond donors (Lipinski definition) is 0. The van der Waals surface area contributed by atoms with E-state index in [9.17, 15) is 0 Å². The molecule has 3 heteroatoms. The summed E-state index contributed by atoms with van der Waals surface area (Å²) in [6.45, 7) is 0.970. The van der Waals surface area contributed by atoms with E-state index in [1.807, 2.05) is 14.1 Å². The van der Waals surface area contributed by atoms with Crippen LogP contribution in [0.3, 0.4) is 0 Å². The molecule has 1 aliphatic heterocycles. The summed E-state index contributed by atoms with van der Waals surface area (Å²) >= 11 is 1.68. The van der Waals surface area contributed by atoms with Crippen LogP contribution in [0.4, 0.5) is 0 Å². The van der Waals surface area contributed by atoms with E-state index in [4.69, 9.17) is 6.42 Å². The Kier molecular flexibility index (Phi) is 2.01. The summed E-state index contributed by atoms with van der Waals surface area (Å²) < 4.78 is 4.21. The maximum atomic E-state index is 5.25. The summed E-state index contributed by atoms with van der Waals surface area (Å²) in [5, 5.41) is 0. The summed E-state index contributed by atoms with van der Waals surface area (Å²) in [7, 11) is 4.05. The molecule has 0 amide bonds. The van der Waals surface area contributed by atoms with Crippen molar-refractivity contribution in [1.82, 2.24) is 8.61 Å². The van der Waals surface area contributed by atoms with Crippen LogP contribution in [0.1, 0.15) is 0 Å². The average molecular weight is 142 g/mol. The van der Waals surface area contributed by atoms with Gasteiger partial charge < -0.3 is 0 Å². The molecule has 0 spiro atoms. The second-order valence-corrected chi connectivity index (χ2v) is 3.48. The van der Waals surface area contributed by atoms with Gasteiger partial charge in [0.05, 0.1) is 6.04 Å². The van der Waals surface area contributed by atoms with Crippen LogP contribution in [-0.2, 0) is 0 Å². The number of nitrogens with zero attached hydrogens (tertiary/aromatic N) is 2. The molecule has 50 valence electrons. The van der Waals surface area contributed by atoms with Crippen molar-refractivity contribution in [2.24, 2.45) is 0 Å². The second kappa shape index (κ2) is 2.61. The Morgan fingerprint density at radius 2 is 2.33 bits per heavy atom. The first-order valence-electron chi connectivity index (χ1n) is 2.82. The van der Waals surface area contributed by atoms with E-state index in [0.29, 0.717) is 6.04 Å². The number of terminal acetylenes is 1. The summed E-state index contributed by atoms with van der Waals surface area (Å²) in [5.74, 6) is 2.71. The molecule has 0 N–H and O–H groups in total. The molecule has 0 aliphatic carbocycles. The zero-order chi connectivity index (χ0) is 6.85. The third-order valence-electron chi connectivity index (χ3n) is 1.33. The van der Waals surface area contributed by atoms with E-state index in [1.54, 1.807) is 12.1 Å². The van der Waals surface area contributed by atoms with Gasteiger partial charge in [-0.05, 0) is 7.05 Å². The Morgan fingerprint density at radius 1 is 1.67 bits per heavy atom. The monoisotopic (exact) mass is 142 g/mol. The van der Waals surface area contributed by atoms with Gasteiger partial charge in [0, 0.05) is 25.7 Å². The van der Waals surface area contributed by atoms with E-state index in [2.05, 4.69) is 14.5 Å². The highest BCUT2D eigenvalue weighted by atomic mass is 32.2. The third-order valence-corrected chi connectivity index (χ3v) is 2.27. The lowest BCUT2D eigenvalue weighted by Crippen LogP contribution is -2.21. The lowest BCUT2D eigenvalue weighted by atomic mass is 10.3. The molecule has 0 aromatic heterocycles. The highest BCUT2D eigenvalue weighted by Gasteiger charge is 2.23. The maximum Gasteiger partial charge on any atom is 0.0952 e. The van der Waals surface area contributed by atoms with Gasteiger partial charge in [-0.3, -0.25) is 0 Å². The average Bonchev–Trinajstić information content (AvgIpc) is 2.10. The molecule has 0 bridgehead atoms. The van der Waals surface area contributed by atoms with Crippen LogP contribution in [0.15, 0.2) is 0 Å². The van der Waals surface area contributed by atoms with Crippen molar-refractivity contribution in [2.75, 3.05) is 20.6 Å². The SMILES string of the molecule is C#CC1CN(C)SN1C. The Bertz CT molecular complexity index is 140. The van der Waals surface area contributed by atoms with Crippen LogP contribution in [0.25, 0.3) is 0 Å². The fraction of sp³-hybridized carbons (Fsp3) is 0.667. The van der Waals surface area contributed by atoms with Gasteiger partial charge in [0.15, 0.2) is 0 Å². The number of likely N-dealkylation sites (N-methyl/N-ethyl adjacent to an activating group) is 2. The molecule has 1 saturated heterocycles. The summed E-state index contributed by atoms with van der Waals surface area (Å²) in [5.41, 5.74) is 0. The summed E-state index contributed by atoms with van der Waals surface area (Å²) in [6.07, 6.45) is 5.25. The quantitative estimate of drug-likeness (QED) is 0.358. The van der Waals surface area contributed by atoms with E-state index < -0.39 is 0 Å². The van der Waals surface area contributed by atoms with Crippen LogP contribution in [0.5, 0.6) is 0 Å². The van der Waals surface area contributed by atoms with Crippen LogP contribution in [-0.4, -0.2) is 35.3 Å². The van der Waals surface area contributed by atoms with Gasteiger partial charge in [0.2, 0.25) is 0 Å². The van der Waals surface area contributed by atoms with Gasteiger partial charge >= 0.3 is 0 Å². The van der Waals surface area contributed by atoms with E-state index in [-0.39, 0.29) is 0 Å². The van der Waals surface area contributed by atoms with Gasteiger partial charge in [0.25, 0.3) is 0 Å². The molecule has 0 saturated carbocycles. The molecule has 1 heterocycles. The molecular formula is C6H10N2S. The van der Waals surface area contributed by atoms with Gasteiger partial charge in [-0.1, -0.05) is 5.92 Å². The number of rotatable bonds is 0. The standard InChI is InChI=1S/C6H10N2S/c1-4-6-5-7(2)9-8(6)3/h1,6H,5H2,2-3H3. The zero-order valence-electron chi connectivity index (χ0n) is 5.66. The highest BCUT2D eigenvalue weighted by Crippen LogP contribution is 2.23. The van der Waals surface area contributed by atoms with Crippen LogP contribution in [0, 0.1) is 12.3 Å². The molecule has 1 fully saturated rings. The van der Waals surface area contributed by atoms with Crippen molar-refractivity contribution in [3.8, 4) is 12.3 Å². The fourth-order valence-electron chi connectivity index (χ4n) is 0.826. The first kappa shape index (κ1) is 6.94. The normalized spacial score (nSPS) is 30.6. The van der Waals surface area contributed by atoms with Crippen molar-refractivity contribution in [3.05, 3.63) is 0 Å². The highest BCUT2D eigenvalue weighted by molar-refractivity contribution is 7.94. The molecule has 0 aromatic rings. The maximum absolute atomic E-state index is 5.25. The topological polar surface area (TPSA) is 6.48 Å². The molecule has 1 aliphatic rings. The van der Waals surface area contributed by atoms with Crippen LogP contribution in [0.2, 0.25) is 0 Å². The smallest absolute Gasteiger partial charge is 0.0952 e. The van der Waals surface area contributed by atoms with Gasteiger partial charge in [-0.15, -0.1) is 6.42 Å². The zero-order valence-corrected chi connectivity index (χ0v) is 6.48. The molecule has 9 heavy (non-hydrogen) atoms. The van der Waals surface area contributed by atoms with E-state index >= 15 is 0 Å². The summed E-state index contributed by atoms with van der Waals surface area (Å²) in [6, 6.07) is 0.292. The van der Waals surface area contributed by atoms with Crippen molar-refractivity contribution >= 4 is 12.1 Å². The summed E-state index contributed by atoms with van der Waals surface area (Å²) in [4.78, 5) is 0. The molecular weight excluding hydrogens is 132 g/mol. The molecule has 0 aromatic carbocycles. The van der Waals surface area contributed by atoms with Crippen molar-refractivity contribution in [1.29, 1.82) is 0 Å². The van der Waals surface area contributed by atoms with Crippen LogP contribution < -0.4 is 0 Å². The lowest BCUT2D eigenvalue weighted by molar-refractivity contribution is 0.483. The Balaban J connectivity index is 2.50. The van der Waals surface area contributed by atoms with Crippen molar-refractivity contribution < 1.29 is 0 Å². The molecule has 2 nitrogen and oxygen atoms in total. The Hall–Kier alpha value is -0.170. The molecule has 1 rings (SSSR count). The minimum absolute atomic E-state index is 0.292. The van der Waals surface area contributed by atoms with Crippen LogP contribution >= 0.6 is 12.1 Å². The van der Waals surface area contributed by atoms with Gasteiger partial charge in [-0.2, -0.15) is 0 Å². The predicted molar refractivity (Wildman–Crippen MR) is 40.6 cm³/mol. The van der Waals surface area contributed by atoms with E-state index in [0.717, 1.165) is 6.54 Å². The Morgan fingerprint density at radius 3 is 2.56 bits per heavy atom. The van der Waals surface area contributed by atoms with E-state index in [1.165, 1.54) is 0 Å². The van der Waals surface area contributed by atoms with Gasteiger partial charge in [-0.25, -0.2) is 8.61 Å². The fourth-order valence-corrected chi connectivity index (χ4v) is 1.72. The van der Waals surface area contributed by atoms with Gasteiger partial charge in [0.1, 0.15) is 0 Å². The molecule has 0 radical (unpaired) electrons. The molecule has 1 unspecified atom stereocenters. The predicted octanol–water partition coefficient (Wildman–Crippen LogP) is 0.429. The lowest BCUT2D eigenvalue weighted by Gasteiger charge is -2.08. The van der Waals surface area contributed by atoms with Crippen molar-refractivity contribution in [3.63, 3.8) is 0 Å². The third kappa shape index (κ3) is 1.39. The first-order chi connectivity index (χ1) is 4.24. The number of hydrogen-bond acceptors (Lipinski definition) is 3. The minimum Gasteiger partial charge on any atom is -0.238 e.